The molecule has 1 aromatic carbocycles. The summed E-state index contributed by atoms with van der Waals surface area (Å²) >= 11 is 1.77. The molecular formula is C16H18N4S. The van der Waals surface area contributed by atoms with Gasteiger partial charge in [0.15, 0.2) is 5.82 Å². The zero-order valence-electron chi connectivity index (χ0n) is 12.0. The maximum absolute atomic E-state index is 4.86. The first-order valence-electron chi connectivity index (χ1n) is 7.41. The van der Waals surface area contributed by atoms with Crippen LogP contribution in [0.25, 0.3) is 22.6 Å². The van der Waals surface area contributed by atoms with Gasteiger partial charge in [-0.25, -0.2) is 9.97 Å². The van der Waals surface area contributed by atoms with E-state index in [1.165, 1.54) is 17.8 Å². The Morgan fingerprint density at radius 1 is 1.29 bits per heavy atom. The first kappa shape index (κ1) is 13.0. The quantitative estimate of drug-likeness (QED) is 0.790. The van der Waals surface area contributed by atoms with Gasteiger partial charge in [0.2, 0.25) is 0 Å². The predicted molar refractivity (Wildman–Crippen MR) is 86.7 cm³/mol. The Morgan fingerprint density at radius 3 is 3.00 bits per heavy atom. The third-order valence-electron chi connectivity index (χ3n) is 4.18. The number of hydrogen-bond acceptors (Lipinski definition) is 4. The van der Waals surface area contributed by atoms with E-state index in [1.807, 2.05) is 12.1 Å². The van der Waals surface area contributed by atoms with Gasteiger partial charge in [0.25, 0.3) is 0 Å². The summed E-state index contributed by atoms with van der Waals surface area (Å²) in [6, 6.07) is 8.23. The van der Waals surface area contributed by atoms with Crippen molar-refractivity contribution in [2.45, 2.75) is 18.8 Å². The third-order valence-corrected chi connectivity index (χ3v) is 5.19. The minimum absolute atomic E-state index is 0.562. The van der Waals surface area contributed by atoms with Crippen molar-refractivity contribution < 1.29 is 0 Å². The molecule has 2 aromatic heterocycles. The molecule has 5 heteroatoms. The van der Waals surface area contributed by atoms with Gasteiger partial charge in [-0.15, -0.1) is 11.3 Å². The molecule has 1 fully saturated rings. The van der Waals surface area contributed by atoms with Gasteiger partial charge < -0.3 is 9.88 Å². The van der Waals surface area contributed by atoms with E-state index in [4.69, 9.17) is 9.97 Å². The van der Waals surface area contributed by atoms with Crippen LogP contribution < -0.4 is 5.32 Å². The first-order chi connectivity index (χ1) is 10.3. The zero-order chi connectivity index (χ0) is 14.2. The number of hydrogen-bond donors (Lipinski definition) is 1. The number of thiazole rings is 1. The molecule has 0 saturated carbocycles. The number of nitrogens with one attached hydrogen (secondary N) is 1. The fourth-order valence-corrected chi connectivity index (χ4v) is 3.95. The minimum atomic E-state index is 0.562. The molecule has 4 nitrogen and oxygen atoms in total. The van der Waals surface area contributed by atoms with E-state index in [0.29, 0.717) is 5.92 Å². The molecule has 3 aromatic rings. The number of rotatable bonds is 2. The lowest BCUT2D eigenvalue weighted by molar-refractivity contribution is 0.460. The number of imidazole rings is 1. The van der Waals surface area contributed by atoms with Gasteiger partial charge in [0.05, 0.1) is 16.0 Å². The van der Waals surface area contributed by atoms with Gasteiger partial charge in [0, 0.05) is 24.9 Å². The Labute approximate surface area is 127 Å². The Balaban J connectivity index is 1.72. The molecule has 1 aliphatic rings. The van der Waals surface area contributed by atoms with E-state index in [1.54, 1.807) is 11.3 Å². The average molecular weight is 298 g/mol. The summed E-state index contributed by atoms with van der Waals surface area (Å²) in [5.74, 6) is 1.52. The van der Waals surface area contributed by atoms with Gasteiger partial charge in [-0.05, 0) is 31.5 Å². The summed E-state index contributed by atoms with van der Waals surface area (Å²) < 4.78 is 2.13. The van der Waals surface area contributed by atoms with Gasteiger partial charge in [-0.1, -0.05) is 12.1 Å². The number of aryl methyl sites for hydroxylation is 1. The standard InChI is InChI=1S/C16H18N4S/c1-20-14-7-3-2-6-12(14)18-15(20)13-10-21-16(19-13)11-5-4-8-17-9-11/h2-3,6-7,10-11,17H,4-5,8-9H2,1H3. The first-order valence-corrected chi connectivity index (χ1v) is 8.29. The van der Waals surface area contributed by atoms with Crippen LogP contribution in [0.5, 0.6) is 0 Å². The monoisotopic (exact) mass is 298 g/mol. The number of piperidine rings is 1. The Hall–Kier alpha value is -1.72. The second kappa shape index (κ2) is 5.24. The highest BCUT2D eigenvalue weighted by molar-refractivity contribution is 7.10. The average Bonchev–Trinajstić information content (AvgIpc) is 3.14. The van der Waals surface area contributed by atoms with Crippen LogP contribution in [-0.2, 0) is 7.05 Å². The minimum Gasteiger partial charge on any atom is -0.326 e. The van der Waals surface area contributed by atoms with Crippen LogP contribution in [-0.4, -0.2) is 27.6 Å². The Kier molecular flexibility index (Phi) is 3.24. The van der Waals surface area contributed by atoms with Crippen LogP contribution in [0.1, 0.15) is 23.8 Å². The van der Waals surface area contributed by atoms with Crippen molar-refractivity contribution in [2.75, 3.05) is 13.1 Å². The van der Waals surface area contributed by atoms with Crippen LogP contribution in [0.15, 0.2) is 29.6 Å². The fraction of sp³-hybridized carbons (Fsp3) is 0.375. The summed E-state index contributed by atoms with van der Waals surface area (Å²) in [5.41, 5.74) is 3.18. The number of nitrogens with zero attached hydrogens (tertiary/aromatic N) is 3. The molecular weight excluding hydrogens is 280 g/mol. The molecule has 21 heavy (non-hydrogen) atoms. The lowest BCUT2D eigenvalue weighted by Crippen LogP contribution is -2.28. The molecule has 0 bridgehead atoms. The van der Waals surface area contributed by atoms with Crippen molar-refractivity contribution in [1.29, 1.82) is 0 Å². The van der Waals surface area contributed by atoms with Gasteiger partial charge in [0.1, 0.15) is 5.69 Å². The summed E-state index contributed by atoms with van der Waals surface area (Å²) in [4.78, 5) is 9.59. The van der Waals surface area contributed by atoms with Crippen molar-refractivity contribution in [2.24, 2.45) is 7.05 Å². The topological polar surface area (TPSA) is 42.7 Å². The van der Waals surface area contributed by atoms with Gasteiger partial charge in [-0.2, -0.15) is 0 Å². The maximum Gasteiger partial charge on any atom is 0.160 e. The fourth-order valence-electron chi connectivity index (χ4n) is 3.02. The van der Waals surface area contributed by atoms with Crippen molar-refractivity contribution in [3.8, 4) is 11.5 Å². The molecule has 1 unspecified atom stereocenters. The van der Waals surface area contributed by atoms with Crippen molar-refractivity contribution >= 4 is 22.4 Å². The summed E-state index contributed by atoms with van der Waals surface area (Å²) in [6.07, 6.45) is 2.48. The van der Waals surface area contributed by atoms with E-state index < -0.39 is 0 Å². The Morgan fingerprint density at radius 2 is 2.19 bits per heavy atom. The van der Waals surface area contributed by atoms with E-state index in [-0.39, 0.29) is 0 Å². The SMILES string of the molecule is Cn1c(-c2csc(C3CCCNC3)n2)nc2ccccc21. The molecule has 0 amide bonds. The summed E-state index contributed by atoms with van der Waals surface area (Å²) in [5, 5.41) is 6.85. The van der Waals surface area contributed by atoms with E-state index in [0.717, 1.165) is 35.6 Å². The molecule has 1 N–H and O–H groups in total. The van der Waals surface area contributed by atoms with Crippen LogP contribution in [0, 0.1) is 0 Å². The van der Waals surface area contributed by atoms with Crippen LogP contribution in [0.3, 0.4) is 0 Å². The van der Waals surface area contributed by atoms with Gasteiger partial charge >= 0.3 is 0 Å². The molecule has 1 atom stereocenters. The predicted octanol–water partition coefficient (Wildman–Crippen LogP) is 3.16. The van der Waals surface area contributed by atoms with Crippen molar-refractivity contribution in [3.63, 3.8) is 0 Å². The van der Waals surface area contributed by atoms with E-state index in [9.17, 15) is 0 Å². The Bertz CT molecular complexity index is 768. The smallest absolute Gasteiger partial charge is 0.160 e. The summed E-state index contributed by atoms with van der Waals surface area (Å²) in [7, 11) is 2.06. The molecule has 1 aliphatic heterocycles. The van der Waals surface area contributed by atoms with E-state index >= 15 is 0 Å². The van der Waals surface area contributed by atoms with Crippen LogP contribution in [0.4, 0.5) is 0 Å². The number of benzene rings is 1. The second-order valence-electron chi connectivity index (χ2n) is 5.60. The molecule has 0 aliphatic carbocycles. The van der Waals surface area contributed by atoms with E-state index in [2.05, 4.69) is 34.4 Å². The zero-order valence-corrected chi connectivity index (χ0v) is 12.9. The molecule has 0 radical (unpaired) electrons. The largest absolute Gasteiger partial charge is 0.326 e. The molecule has 0 spiro atoms. The third kappa shape index (κ3) is 2.26. The highest BCUT2D eigenvalue weighted by Gasteiger charge is 2.20. The molecule has 1 saturated heterocycles. The second-order valence-corrected chi connectivity index (χ2v) is 6.49. The molecule has 3 heterocycles. The van der Waals surface area contributed by atoms with Crippen molar-refractivity contribution in [1.82, 2.24) is 19.9 Å². The lowest BCUT2D eigenvalue weighted by atomic mass is 10.0. The number of fused-ring (bicyclic) bond motifs is 1. The van der Waals surface area contributed by atoms with Crippen LogP contribution in [0.2, 0.25) is 0 Å². The molecule has 4 rings (SSSR count). The normalized spacial score (nSPS) is 19.2. The highest BCUT2D eigenvalue weighted by atomic mass is 32.1. The maximum atomic E-state index is 4.86. The molecule has 108 valence electrons. The van der Waals surface area contributed by atoms with Crippen molar-refractivity contribution in [3.05, 3.63) is 34.7 Å². The lowest BCUT2D eigenvalue weighted by Gasteiger charge is -2.20. The summed E-state index contributed by atoms with van der Waals surface area (Å²) in [6.45, 7) is 2.19. The number of para-hydroxylation sites is 2. The highest BCUT2D eigenvalue weighted by Crippen LogP contribution is 2.30. The number of aromatic nitrogens is 3. The van der Waals surface area contributed by atoms with Gasteiger partial charge in [-0.3, -0.25) is 0 Å². The van der Waals surface area contributed by atoms with Crippen LogP contribution >= 0.6 is 11.3 Å².